The number of carboxylic acids is 1. The minimum Gasteiger partial charge on any atom is -0.481 e. The molecule has 0 aliphatic rings. The Labute approximate surface area is 101 Å². The minimum absolute atomic E-state index is 0.0951. The van der Waals surface area contributed by atoms with Crippen molar-refractivity contribution in [3.05, 3.63) is 0 Å². The Hall–Kier alpha value is -0.270. The van der Waals surface area contributed by atoms with Crippen LogP contribution in [0.1, 0.15) is 26.2 Å². The van der Waals surface area contributed by atoms with Crippen LogP contribution in [0.2, 0.25) is 0 Å². The molecular weight excluding hydrogens is 250 g/mol. The monoisotopic (exact) mass is 269 g/mol. The van der Waals surface area contributed by atoms with Gasteiger partial charge in [0.25, 0.3) is 0 Å². The van der Waals surface area contributed by atoms with Gasteiger partial charge in [0.05, 0.1) is 5.75 Å². The van der Waals surface area contributed by atoms with E-state index >= 15 is 0 Å². The molecule has 1 unspecified atom stereocenters. The SMILES string of the molecule is CSCCC(C)NS(=O)(=O)CCCC(=O)O. The molecule has 0 radical (unpaired) electrons. The van der Waals surface area contributed by atoms with Crippen molar-refractivity contribution >= 4 is 27.8 Å². The van der Waals surface area contributed by atoms with Gasteiger partial charge in [-0.2, -0.15) is 11.8 Å². The van der Waals surface area contributed by atoms with E-state index in [-0.39, 0.29) is 24.6 Å². The summed E-state index contributed by atoms with van der Waals surface area (Å²) in [6.07, 6.45) is 2.79. The molecule has 0 saturated heterocycles. The first-order chi connectivity index (χ1) is 7.37. The number of thioether (sulfide) groups is 1. The second kappa shape index (κ2) is 7.92. The lowest BCUT2D eigenvalue weighted by Gasteiger charge is -2.13. The number of rotatable bonds is 9. The number of hydrogen-bond donors (Lipinski definition) is 2. The molecule has 0 aliphatic carbocycles. The molecule has 7 heteroatoms. The van der Waals surface area contributed by atoms with Crippen LogP contribution in [0.15, 0.2) is 0 Å². The molecular formula is C9H19NO4S2. The molecule has 0 aromatic heterocycles. The van der Waals surface area contributed by atoms with Crippen molar-refractivity contribution < 1.29 is 18.3 Å². The molecule has 96 valence electrons. The standard InChI is InChI=1S/C9H19NO4S2/c1-8(5-6-15-2)10-16(13,14)7-3-4-9(11)12/h8,10H,3-7H2,1-2H3,(H,11,12). The fourth-order valence-corrected chi connectivity index (χ4v) is 3.09. The molecule has 5 nitrogen and oxygen atoms in total. The molecule has 0 saturated carbocycles. The fraction of sp³-hybridized carbons (Fsp3) is 0.889. The van der Waals surface area contributed by atoms with Gasteiger partial charge in [0.2, 0.25) is 10.0 Å². The number of carbonyl (C=O) groups is 1. The average molecular weight is 269 g/mol. The van der Waals surface area contributed by atoms with Gasteiger partial charge < -0.3 is 5.11 Å². The van der Waals surface area contributed by atoms with Crippen LogP contribution in [-0.4, -0.2) is 43.3 Å². The van der Waals surface area contributed by atoms with Crippen molar-refractivity contribution in [2.24, 2.45) is 0 Å². The van der Waals surface area contributed by atoms with E-state index in [4.69, 9.17) is 5.11 Å². The lowest BCUT2D eigenvalue weighted by atomic mass is 10.3. The summed E-state index contributed by atoms with van der Waals surface area (Å²) in [7, 11) is -3.33. The maximum atomic E-state index is 11.5. The number of carboxylic acid groups (broad SMARTS) is 1. The van der Waals surface area contributed by atoms with E-state index < -0.39 is 16.0 Å². The lowest BCUT2D eigenvalue weighted by molar-refractivity contribution is -0.137. The predicted octanol–water partition coefficient (Wildman–Crippen LogP) is 0.912. The summed E-state index contributed by atoms with van der Waals surface area (Å²) < 4.78 is 25.5. The fourth-order valence-electron chi connectivity index (χ4n) is 1.13. The Morgan fingerprint density at radius 2 is 2.12 bits per heavy atom. The van der Waals surface area contributed by atoms with Crippen molar-refractivity contribution in [2.45, 2.75) is 32.2 Å². The zero-order valence-corrected chi connectivity index (χ0v) is 11.2. The smallest absolute Gasteiger partial charge is 0.303 e. The van der Waals surface area contributed by atoms with Gasteiger partial charge in [0, 0.05) is 12.5 Å². The molecule has 0 rings (SSSR count). The highest BCUT2D eigenvalue weighted by Crippen LogP contribution is 2.02. The van der Waals surface area contributed by atoms with E-state index in [9.17, 15) is 13.2 Å². The zero-order valence-electron chi connectivity index (χ0n) is 9.60. The number of hydrogen-bond acceptors (Lipinski definition) is 4. The van der Waals surface area contributed by atoms with Gasteiger partial charge in [-0.25, -0.2) is 13.1 Å². The Bertz CT molecular complexity index is 303. The number of nitrogens with one attached hydrogen (secondary N) is 1. The van der Waals surface area contributed by atoms with Crippen LogP contribution in [0.5, 0.6) is 0 Å². The van der Waals surface area contributed by atoms with Gasteiger partial charge >= 0.3 is 5.97 Å². The maximum Gasteiger partial charge on any atom is 0.303 e. The summed E-state index contributed by atoms with van der Waals surface area (Å²) in [6, 6.07) is -0.0951. The largest absolute Gasteiger partial charge is 0.481 e. The molecule has 0 spiro atoms. The molecule has 0 aromatic rings. The van der Waals surface area contributed by atoms with Gasteiger partial charge in [-0.1, -0.05) is 0 Å². The molecule has 2 N–H and O–H groups in total. The number of sulfonamides is 1. The Kier molecular flexibility index (Phi) is 7.78. The second-order valence-corrected chi connectivity index (χ2v) is 6.48. The van der Waals surface area contributed by atoms with Crippen molar-refractivity contribution in [3.8, 4) is 0 Å². The summed E-state index contributed by atoms with van der Waals surface area (Å²) in [4.78, 5) is 10.2. The summed E-state index contributed by atoms with van der Waals surface area (Å²) in [5, 5.41) is 8.39. The van der Waals surface area contributed by atoms with E-state index in [0.29, 0.717) is 0 Å². The van der Waals surface area contributed by atoms with Gasteiger partial charge in [-0.3, -0.25) is 4.79 Å². The lowest BCUT2D eigenvalue weighted by Crippen LogP contribution is -2.34. The van der Waals surface area contributed by atoms with Crippen LogP contribution in [0.3, 0.4) is 0 Å². The highest BCUT2D eigenvalue weighted by molar-refractivity contribution is 7.98. The third-order valence-electron chi connectivity index (χ3n) is 1.94. The molecule has 1 atom stereocenters. The van der Waals surface area contributed by atoms with Crippen LogP contribution in [-0.2, 0) is 14.8 Å². The van der Waals surface area contributed by atoms with Gasteiger partial charge in [-0.15, -0.1) is 0 Å². The second-order valence-electron chi connectivity index (χ2n) is 3.62. The number of aliphatic carboxylic acids is 1. The summed E-state index contributed by atoms with van der Waals surface area (Å²) >= 11 is 1.67. The van der Waals surface area contributed by atoms with Crippen molar-refractivity contribution in [2.75, 3.05) is 17.8 Å². The van der Waals surface area contributed by atoms with E-state index in [1.807, 2.05) is 13.2 Å². The summed E-state index contributed by atoms with van der Waals surface area (Å²) in [5.41, 5.74) is 0. The van der Waals surface area contributed by atoms with Gasteiger partial charge in [0.15, 0.2) is 0 Å². The zero-order chi connectivity index (χ0) is 12.6. The molecule has 0 heterocycles. The van der Waals surface area contributed by atoms with Crippen LogP contribution in [0, 0.1) is 0 Å². The van der Waals surface area contributed by atoms with Crippen LogP contribution < -0.4 is 4.72 Å². The maximum absolute atomic E-state index is 11.5. The molecule has 0 bridgehead atoms. The molecule has 0 aliphatic heterocycles. The third kappa shape index (κ3) is 8.99. The van der Waals surface area contributed by atoms with Crippen molar-refractivity contribution in [1.29, 1.82) is 0 Å². The van der Waals surface area contributed by atoms with Gasteiger partial charge in [-0.05, 0) is 31.8 Å². The van der Waals surface area contributed by atoms with E-state index in [1.54, 1.807) is 11.8 Å². The van der Waals surface area contributed by atoms with Crippen LogP contribution in [0.25, 0.3) is 0 Å². The van der Waals surface area contributed by atoms with E-state index in [0.717, 1.165) is 12.2 Å². The quantitative estimate of drug-likeness (QED) is 0.650. The third-order valence-corrected chi connectivity index (χ3v) is 4.17. The topological polar surface area (TPSA) is 83.5 Å². The van der Waals surface area contributed by atoms with E-state index in [1.165, 1.54) is 0 Å². The summed E-state index contributed by atoms with van der Waals surface area (Å²) in [5.74, 6) is -0.188. The normalized spacial score (nSPS) is 13.6. The van der Waals surface area contributed by atoms with Crippen molar-refractivity contribution in [1.82, 2.24) is 4.72 Å². The van der Waals surface area contributed by atoms with Gasteiger partial charge in [0.1, 0.15) is 0 Å². The van der Waals surface area contributed by atoms with E-state index in [2.05, 4.69) is 4.72 Å². The molecule has 0 amide bonds. The first kappa shape index (κ1) is 15.7. The van der Waals surface area contributed by atoms with Crippen molar-refractivity contribution in [3.63, 3.8) is 0 Å². The molecule has 16 heavy (non-hydrogen) atoms. The molecule has 0 aromatic carbocycles. The first-order valence-electron chi connectivity index (χ1n) is 5.08. The summed E-state index contributed by atoms with van der Waals surface area (Å²) in [6.45, 7) is 1.81. The highest BCUT2D eigenvalue weighted by Gasteiger charge is 2.14. The van der Waals surface area contributed by atoms with Crippen LogP contribution in [0.4, 0.5) is 0 Å². The molecule has 0 fully saturated rings. The first-order valence-corrected chi connectivity index (χ1v) is 8.12. The Balaban J connectivity index is 3.90. The average Bonchev–Trinajstić information content (AvgIpc) is 2.12. The predicted molar refractivity (Wildman–Crippen MR) is 66.3 cm³/mol. The Morgan fingerprint density at radius 3 is 2.62 bits per heavy atom. The minimum atomic E-state index is -3.33. The van der Waals surface area contributed by atoms with Crippen LogP contribution >= 0.6 is 11.8 Å². The highest BCUT2D eigenvalue weighted by atomic mass is 32.2. The Morgan fingerprint density at radius 1 is 1.50 bits per heavy atom.